The number of benzene rings is 1. The smallest absolute Gasteiger partial charge is 0.123 e. The van der Waals surface area contributed by atoms with Gasteiger partial charge in [0.25, 0.3) is 0 Å². The van der Waals surface area contributed by atoms with Crippen LogP contribution in [0.15, 0.2) is 18.3 Å². The van der Waals surface area contributed by atoms with E-state index in [2.05, 4.69) is 29.3 Å². The molecule has 4 nitrogen and oxygen atoms in total. The predicted molar refractivity (Wildman–Crippen MR) is 80.5 cm³/mol. The Morgan fingerprint density at radius 1 is 1.40 bits per heavy atom. The van der Waals surface area contributed by atoms with E-state index in [9.17, 15) is 0 Å². The first-order chi connectivity index (χ1) is 9.61. The van der Waals surface area contributed by atoms with Gasteiger partial charge in [-0.25, -0.2) is 0 Å². The van der Waals surface area contributed by atoms with Crippen molar-refractivity contribution in [3.05, 3.63) is 40.2 Å². The number of nitrogens with zero attached hydrogens (tertiary/aromatic N) is 2. The molecular formula is C15H20ClN3O. The average molecular weight is 294 g/mol. The Balaban J connectivity index is 2.25. The number of rotatable bonds is 6. The Hall–Kier alpha value is -1.55. The van der Waals surface area contributed by atoms with Crippen LogP contribution in [0.4, 0.5) is 0 Å². The van der Waals surface area contributed by atoms with Crippen LogP contribution >= 0.6 is 11.6 Å². The normalized spacial score (nSPS) is 12.4. The van der Waals surface area contributed by atoms with Crippen molar-refractivity contribution in [3.63, 3.8) is 0 Å². The first-order valence-electron chi connectivity index (χ1n) is 6.89. The van der Waals surface area contributed by atoms with E-state index in [1.165, 1.54) is 0 Å². The molecule has 0 spiro atoms. The molecule has 1 heterocycles. The molecule has 0 bridgehead atoms. The second-order valence-corrected chi connectivity index (χ2v) is 5.46. The first-order valence-corrected chi connectivity index (χ1v) is 7.27. The van der Waals surface area contributed by atoms with Gasteiger partial charge in [-0.1, -0.05) is 25.4 Å². The third kappa shape index (κ3) is 3.51. The third-order valence-corrected chi connectivity index (χ3v) is 3.67. The lowest BCUT2D eigenvalue weighted by molar-refractivity contribution is 0.312. The van der Waals surface area contributed by atoms with E-state index in [0.717, 1.165) is 40.4 Å². The largest absolute Gasteiger partial charge is 0.493 e. The summed E-state index contributed by atoms with van der Waals surface area (Å²) in [5.41, 5.74) is 3.10. The summed E-state index contributed by atoms with van der Waals surface area (Å²) in [5.74, 6) is 1.19. The number of hydrogen-bond donors (Lipinski definition) is 1. The summed E-state index contributed by atoms with van der Waals surface area (Å²) in [5, 5.41) is 11.4. The van der Waals surface area contributed by atoms with Gasteiger partial charge in [0.2, 0.25) is 0 Å². The number of aromatic nitrogens is 3. The van der Waals surface area contributed by atoms with E-state index in [-0.39, 0.29) is 5.92 Å². The van der Waals surface area contributed by atoms with Crippen molar-refractivity contribution in [1.29, 1.82) is 0 Å². The molecule has 0 fully saturated rings. The van der Waals surface area contributed by atoms with Crippen LogP contribution in [0.5, 0.6) is 5.75 Å². The zero-order valence-electron chi connectivity index (χ0n) is 12.1. The van der Waals surface area contributed by atoms with Crippen molar-refractivity contribution >= 4 is 11.6 Å². The number of ether oxygens (including phenoxy) is 1. The average Bonchev–Trinajstić information content (AvgIpc) is 2.92. The molecule has 0 amide bonds. The summed E-state index contributed by atoms with van der Waals surface area (Å²) in [6, 6.07) is 4.03. The lowest BCUT2D eigenvalue weighted by Gasteiger charge is -2.17. The van der Waals surface area contributed by atoms with Gasteiger partial charge in [-0.2, -0.15) is 15.4 Å². The predicted octanol–water partition coefficient (Wildman–Crippen LogP) is 3.90. The van der Waals surface area contributed by atoms with Crippen LogP contribution in [0.2, 0.25) is 5.02 Å². The van der Waals surface area contributed by atoms with Crippen LogP contribution < -0.4 is 4.74 Å². The molecular weight excluding hydrogens is 274 g/mol. The minimum absolute atomic E-state index is 0.269. The minimum atomic E-state index is 0.269. The molecule has 20 heavy (non-hydrogen) atoms. The molecule has 0 aliphatic rings. The standard InChI is InChI=1S/C15H20ClN3O/c1-4-5-20-15-7-11(3)14(16)8-13(15)10(2)6-12-9-17-19-18-12/h7-10H,4-6H2,1-3H3,(H,17,18,19). The maximum absolute atomic E-state index is 6.26. The highest BCUT2D eigenvalue weighted by Gasteiger charge is 2.16. The number of nitrogens with one attached hydrogen (secondary N) is 1. The summed E-state index contributed by atoms with van der Waals surface area (Å²) >= 11 is 6.26. The van der Waals surface area contributed by atoms with Crippen LogP contribution in [-0.2, 0) is 6.42 Å². The number of H-pyrrole nitrogens is 1. The van der Waals surface area contributed by atoms with Gasteiger partial charge in [0, 0.05) is 5.02 Å². The number of aromatic amines is 1. The van der Waals surface area contributed by atoms with Crippen LogP contribution in [0, 0.1) is 6.92 Å². The van der Waals surface area contributed by atoms with Crippen molar-refractivity contribution in [2.45, 2.75) is 39.5 Å². The molecule has 1 aromatic carbocycles. The monoisotopic (exact) mass is 293 g/mol. The van der Waals surface area contributed by atoms with Crippen LogP contribution in [-0.4, -0.2) is 22.0 Å². The van der Waals surface area contributed by atoms with E-state index in [4.69, 9.17) is 16.3 Å². The Morgan fingerprint density at radius 2 is 2.20 bits per heavy atom. The molecule has 108 valence electrons. The van der Waals surface area contributed by atoms with E-state index < -0.39 is 0 Å². The maximum atomic E-state index is 6.26. The minimum Gasteiger partial charge on any atom is -0.493 e. The molecule has 2 aromatic rings. The topological polar surface area (TPSA) is 50.8 Å². The highest BCUT2D eigenvalue weighted by molar-refractivity contribution is 6.31. The fraction of sp³-hybridized carbons (Fsp3) is 0.467. The Bertz CT molecular complexity index is 554. The third-order valence-electron chi connectivity index (χ3n) is 3.26. The SMILES string of the molecule is CCCOc1cc(C)c(Cl)cc1C(C)Cc1cn[nH]n1. The molecule has 1 aromatic heterocycles. The fourth-order valence-corrected chi connectivity index (χ4v) is 2.31. The van der Waals surface area contributed by atoms with Gasteiger partial charge in [0.15, 0.2) is 0 Å². The summed E-state index contributed by atoms with van der Waals surface area (Å²) < 4.78 is 5.86. The van der Waals surface area contributed by atoms with Gasteiger partial charge in [0.1, 0.15) is 5.75 Å². The molecule has 0 aliphatic heterocycles. The molecule has 0 saturated carbocycles. The van der Waals surface area contributed by atoms with E-state index >= 15 is 0 Å². The zero-order valence-corrected chi connectivity index (χ0v) is 12.9. The summed E-state index contributed by atoms with van der Waals surface area (Å²) in [4.78, 5) is 0. The van der Waals surface area contributed by atoms with Crippen molar-refractivity contribution in [2.24, 2.45) is 0 Å². The van der Waals surface area contributed by atoms with Gasteiger partial charge in [-0.05, 0) is 48.9 Å². The molecule has 1 unspecified atom stereocenters. The van der Waals surface area contributed by atoms with Gasteiger partial charge < -0.3 is 4.74 Å². The van der Waals surface area contributed by atoms with Gasteiger partial charge in [0.05, 0.1) is 18.5 Å². The van der Waals surface area contributed by atoms with Crippen molar-refractivity contribution in [2.75, 3.05) is 6.61 Å². The van der Waals surface area contributed by atoms with E-state index in [1.54, 1.807) is 6.20 Å². The number of halogens is 1. The van der Waals surface area contributed by atoms with Crippen LogP contribution in [0.1, 0.15) is 43.0 Å². The molecule has 0 saturated heterocycles. The molecule has 0 radical (unpaired) electrons. The lowest BCUT2D eigenvalue weighted by atomic mass is 9.94. The summed E-state index contributed by atoms with van der Waals surface area (Å²) in [6.45, 7) is 6.95. The second kappa shape index (κ2) is 6.75. The van der Waals surface area contributed by atoms with E-state index in [1.807, 2.05) is 19.1 Å². The van der Waals surface area contributed by atoms with Crippen LogP contribution in [0.25, 0.3) is 0 Å². The van der Waals surface area contributed by atoms with Crippen molar-refractivity contribution < 1.29 is 4.74 Å². The van der Waals surface area contributed by atoms with E-state index in [0.29, 0.717) is 6.61 Å². The highest BCUT2D eigenvalue weighted by Crippen LogP contribution is 2.33. The highest BCUT2D eigenvalue weighted by atomic mass is 35.5. The van der Waals surface area contributed by atoms with Gasteiger partial charge >= 0.3 is 0 Å². The second-order valence-electron chi connectivity index (χ2n) is 5.05. The zero-order chi connectivity index (χ0) is 14.5. The quantitative estimate of drug-likeness (QED) is 0.879. The van der Waals surface area contributed by atoms with Crippen LogP contribution in [0.3, 0.4) is 0 Å². The maximum Gasteiger partial charge on any atom is 0.123 e. The Labute approximate surface area is 124 Å². The lowest BCUT2D eigenvalue weighted by Crippen LogP contribution is -2.05. The van der Waals surface area contributed by atoms with Crippen molar-refractivity contribution in [1.82, 2.24) is 15.4 Å². The number of aryl methyl sites for hydroxylation is 1. The molecule has 2 rings (SSSR count). The molecule has 0 aliphatic carbocycles. The Morgan fingerprint density at radius 3 is 2.85 bits per heavy atom. The first kappa shape index (κ1) is 14.9. The van der Waals surface area contributed by atoms with Gasteiger partial charge in [-0.15, -0.1) is 0 Å². The molecule has 1 atom stereocenters. The Kier molecular flexibility index (Phi) is 5.01. The number of hydrogen-bond acceptors (Lipinski definition) is 3. The fourth-order valence-electron chi connectivity index (χ4n) is 2.14. The molecule has 5 heteroatoms. The molecule has 1 N–H and O–H groups in total. The van der Waals surface area contributed by atoms with Gasteiger partial charge in [-0.3, -0.25) is 0 Å². The summed E-state index contributed by atoms with van der Waals surface area (Å²) in [7, 11) is 0. The van der Waals surface area contributed by atoms with Crippen molar-refractivity contribution in [3.8, 4) is 5.75 Å². The summed E-state index contributed by atoms with van der Waals surface area (Å²) in [6.07, 6.45) is 3.54.